The summed E-state index contributed by atoms with van der Waals surface area (Å²) in [6, 6.07) is 3.42. The lowest BCUT2D eigenvalue weighted by Gasteiger charge is -2.18. The molecule has 1 heterocycles. The molecule has 0 saturated carbocycles. The van der Waals surface area contributed by atoms with Crippen LogP contribution < -0.4 is 5.32 Å². The van der Waals surface area contributed by atoms with E-state index in [1.807, 2.05) is 6.92 Å². The Kier molecular flexibility index (Phi) is 6.90. The maximum atomic E-state index is 12.5. The Morgan fingerprint density at radius 2 is 2.10 bits per heavy atom. The smallest absolute Gasteiger partial charge is 0.262 e. The zero-order valence-corrected chi connectivity index (χ0v) is 12.9. The van der Waals surface area contributed by atoms with Gasteiger partial charge in [-0.15, -0.1) is 0 Å². The van der Waals surface area contributed by atoms with Gasteiger partial charge in [-0.2, -0.15) is 4.31 Å². The van der Waals surface area contributed by atoms with Gasteiger partial charge < -0.3 is 10.4 Å². The van der Waals surface area contributed by atoms with E-state index in [1.165, 1.54) is 10.5 Å². The Bertz CT molecular complexity index is 505. The van der Waals surface area contributed by atoms with Crippen LogP contribution in [0.5, 0.6) is 0 Å². The number of sulfonamides is 1. The number of hydrogen-bond acceptors (Lipinski definition) is 5. The van der Waals surface area contributed by atoms with Crippen molar-refractivity contribution in [3.05, 3.63) is 18.3 Å². The molecule has 114 valence electrons. The second-order valence-electron chi connectivity index (χ2n) is 4.50. The average molecular weight is 301 g/mol. The number of nitrogens with one attached hydrogen (secondary N) is 1. The van der Waals surface area contributed by atoms with Gasteiger partial charge in [0, 0.05) is 32.9 Å². The third kappa shape index (κ3) is 4.43. The number of rotatable bonds is 9. The van der Waals surface area contributed by atoms with Crippen LogP contribution in [0.2, 0.25) is 0 Å². The molecular weight excluding hydrogens is 278 g/mol. The molecule has 0 amide bonds. The van der Waals surface area contributed by atoms with Crippen molar-refractivity contribution in [3.63, 3.8) is 0 Å². The molecule has 6 nitrogen and oxygen atoms in total. The minimum atomic E-state index is -3.58. The van der Waals surface area contributed by atoms with Gasteiger partial charge in [0.15, 0.2) is 5.03 Å². The number of hydrogen-bond donors (Lipinski definition) is 2. The van der Waals surface area contributed by atoms with Gasteiger partial charge in [0.05, 0.1) is 5.69 Å². The van der Waals surface area contributed by atoms with Gasteiger partial charge in [0.1, 0.15) is 0 Å². The van der Waals surface area contributed by atoms with E-state index in [0.29, 0.717) is 25.2 Å². The predicted octanol–water partition coefficient (Wildman–Crippen LogP) is 1.30. The van der Waals surface area contributed by atoms with E-state index in [1.54, 1.807) is 19.2 Å². The summed E-state index contributed by atoms with van der Waals surface area (Å²) in [5, 5.41) is 11.8. The number of nitrogens with zero attached hydrogens (tertiary/aromatic N) is 2. The highest BCUT2D eigenvalue weighted by Crippen LogP contribution is 2.21. The Morgan fingerprint density at radius 1 is 1.35 bits per heavy atom. The molecule has 0 fully saturated rings. The minimum Gasteiger partial charge on any atom is -0.396 e. The van der Waals surface area contributed by atoms with Crippen LogP contribution in [0.1, 0.15) is 26.2 Å². The standard InChI is InChI=1S/C13H23N3O3S/c1-3-14-12-8-7-9-15-13(12)20(18,19)16(2)10-5-4-6-11-17/h7-9,14,17H,3-6,10-11H2,1-2H3. The van der Waals surface area contributed by atoms with Crippen LogP contribution in [0, 0.1) is 0 Å². The number of pyridine rings is 1. The van der Waals surface area contributed by atoms with Gasteiger partial charge in [0.2, 0.25) is 0 Å². The van der Waals surface area contributed by atoms with Crippen LogP contribution in [-0.4, -0.2) is 49.6 Å². The summed E-state index contributed by atoms with van der Waals surface area (Å²) in [6.07, 6.45) is 3.70. The summed E-state index contributed by atoms with van der Waals surface area (Å²) in [4.78, 5) is 4.00. The highest BCUT2D eigenvalue weighted by molar-refractivity contribution is 7.89. The van der Waals surface area contributed by atoms with Crippen molar-refractivity contribution < 1.29 is 13.5 Å². The highest BCUT2D eigenvalue weighted by atomic mass is 32.2. The maximum absolute atomic E-state index is 12.5. The predicted molar refractivity (Wildman–Crippen MR) is 79.2 cm³/mol. The topological polar surface area (TPSA) is 82.5 Å². The quantitative estimate of drug-likeness (QED) is 0.672. The van der Waals surface area contributed by atoms with Crippen LogP contribution in [0.4, 0.5) is 5.69 Å². The largest absolute Gasteiger partial charge is 0.396 e. The summed E-state index contributed by atoms with van der Waals surface area (Å²) < 4.78 is 26.2. The van der Waals surface area contributed by atoms with Crippen molar-refractivity contribution >= 4 is 15.7 Å². The lowest BCUT2D eigenvalue weighted by atomic mass is 10.2. The average Bonchev–Trinajstić information content (AvgIpc) is 2.44. The summed E-state index contributed by atoms with van der Waals surface area (Å²) in [7, 11) is -2.03. The Morgan fingerprint density at radius 3 is 2.75 bits per heavy atom. The summed E-state index contributed by atoms with van der Waals surface area (Å²) >= 11 is 0. The first-order chi connectivity index (χ1) is 9.54. The van der Waals surface area contributed by atoms with Gasteiger partial charge in [-0.25, -0.2) is 13.4 Å². The fourth-order valence-corrected chi connectivity index (χ4v) is 3.09. The fraction of sp³-hybridized carbons (Fsp3) is 0.615. The molecule has 0 aliphatic heterocycles. The first-order valence-electron chi connectivity index (χ1n) is 6.80. The Labute approximate surface area is 120 Å². The van der Waals surface area contributed by atoms with E-state index in [2.05, 4.69) is 10.3 Å². The second-order valence-corrected chi connectivity index (χ2v) is 6.46. The zero-order chi connectivity index (χ0) is 15.0. The monoisotopic (exact) mass is 301 g/mol. The summed E-state index contributed by atoms with van der Waals surface area (Å²) in [6.45, 7) is 3.10. The molecule has 7 heteroatoms. The van der Waals surface area contributed by atoms with Crippen molar-refractivity contribution in [2.24, 2.45) is 0 Å². The van der Waals surface area contributed by atoms with Crippen LogP contribution in [0.3, 0.4) is 0 Å². The number of anilines is 1. The van der Waals surface area contributed by atoms with Crippen molar-refractivity contribution in [3.8, 4) is 0 Å². The number of aliphatic hydroxyl groups is 1. The molecule has 1 aromatic rings. The first-order valence-corrected chi connectivity index (χ1v) is 8.24. The molecule has 0 atom stereocenters. The molecule has 1 aromatic heterocycles. The molecular formula is C13H23N3O3S. The van der Waals surface area contributed by atoms with Gasteiger partial charge in [-0.1, -0.05) is 0 Å². The molecule has 20 heavy (non-hydrogen) atoms. The zero-order valence-electron chi connectivity index (χ0n) is 12.0. The molecule has 0 aromatic carbocycles. The van der Waals surface area contributed by atoms with Crippen LogP contribution in [-0.2, 0) is 10.0 Å². The Balaban J connectivity index is 2.82. The fourth-order valence-electron chi connectivity index (χ4n) is 1.81. The van der Waals surface area contributed by atoms with Crippen LogP contribution in [0.15, 0.2) is 23.4 Å². The van der Waals surface area contributed by atoms with E-state index in [4.69, 9.17) is 5.11 Å². The number of aromatic nitrogens is 1. The third-order valence-corrected chi connectivity index (χ3v) is 4.74. The SMILES string of the molecule is CCNc1cccnc1S(=O)(=O)N(C)CCCCCO. The molecule has 0 aliphatic carbocycles. The van der Waals surface area contributed by atoms with Crippen LogP contribution >= 0.6 is 0 Å². The van der Waals surface area contributed by atoms with E-state index >= 15 is 0 Å². The minimum absolute atomic E-state index is 0.0616. The molecule has 1 rings (SSSR count). The van der Waals surface area contributed by atoms with Crippen molar-refractivity contribution in [2.45, 2.75) is 31.2 Å². The molecule has 0 unspecified atom stereocenters. The third-order valence-electron chi connectivity index (χ3n) is 2.92. The van der Waals surface area contributed by atoms with Crippen LogP contribution in [0.25, 0.3) is 0 Å². The van der Waals surface area contributed by atoms with E-state index in [9.17, 15) is 8.42 Å². The Hall–Kier alpha value is -1.18. The van der Waals surface area contributed by atoms with Gasteiger partial charge >= 0.3 is 0 Å². The van der Waals surface area contributed by atoms with Gasteiger partial charge in [0.25, 0.3) is 10.0 Å². The molecule has 0 spiro atoms. The summed E-state index contributed by atoms with van der Waals surface area (Å²) in [5.74, 6) is 0. The van der Waals surface area contributed by atoms with Gasteiger partial charge in [-0.05, 0) is 38.3 Å². The lowest BCUT2D eigenvalue weighted by molar-refractivity contribution is 0.281. The van der Waals surface area contributed by atoms with Crippen molar-refractivity contribution in [1.82, 2.24) is 9.29 Å². The highest BCUT2D eigenvalue weighted by Gasteiger charge is 2.24. The first kappa shape index (κ1) is 16.9. The van der Waals surface area contributed by atoms with E-state index < -0.39 is 10.0 Å². The summed E-state index contributed by atoms with van der Waals surface area (Å²) in [5.41, 5.74) is 0.525. The number of aliphatic hydroxyl groups excluding tert-OH is 1. The lowest BCUT2D eigenvalue weighted by Crippen LogP contribution is -2.29. The van der Waals surface area contributed by atoms with E-state index in [0.717, 1.165) is 12.8 Å². The molecule has 0 aliphatic rings. The van der Waals surface area contributed by atoms with E-state index in [-0.39, 0.29) is 11.6 Å². The number of unbranched alkanes of at least 4 members (excludes halogenated alkanes) is 2. The second kappa shape index (κ2) is 8.18. The normalized spacial score (nSPS) is 11.8. The molecule has 0 radical (unpaired) electrons. The van der Waals surface area contributed by atoms with Crippen molar-refractivity contribution in [2.75, 3.05) is 32.1 Å². The molecule has 0 bridgehead atoms. The molecule has 0 saturated heterocycles. The molecule has 2 N–H and O–H groups in total. The van der Waals surface area contributed by atoms with Crippen molar-refractivity contribution in [1.29, 1.82) is 0 Å². The van der Waals surface area contributed by atoms with Gasteiger partial charge in [-0.3, -0.25) is 0 Å². The maximum Gasteiger partial charge on any atom is 0.262 e.